The molecule has 1 unspecified atom stereocenters. The van der Waals surface area contributed by atoms with Gasteiger partial charge in [0.2, 0.25) is 0 Å². The predicted octanol–water partition coefficient (Wildman–Crippen LogP) is 1.53. The number of hydrogen-bond donors (Lipinski definition) is 1. The molecule has 1 heterocycles. The Labute approximate surface area is 78.7 Å². The van der Waals surface area contributed by atoms with E-state index in [0.29, 0.717) is 6.04 Å². The van der Waals surface area contributed by atoms with Gasteiger partial charge in [0.1, 0.15) is 6.34 Å². The summed E-state index contributed by atoms with van der Waals surface area (Å²) in [5.41, 5.74) is 3.53. The first kappa shape index (κ1) is 9.86. The largest absolute Gasteiger partial charge is 0.268 e. The Balaban J connectivity index is 2.54. The first-order chi connectivity index (χ1) is 5.54. The Kier molecular flexibility index (Phi) is 3.01. The summed E-state index contributed by atoms with van der Waals surface area (Å²) in [6, 6.07) is 0.390. The maximum atomic E-state index is 4.47. The fourth-order valence-electron chi connectivity index (χ4n) is 1.05. The van der Waals surface area contributed by atoms with Crippen molar-refractivity contribution in [2.75, 3.05) is 12.8 Å². The molecule has 0 aromatic heterocycles. The van der Waals surface area contributed by atoms with Gasteiger partial charge in [0.15, 0.2) is 0 Å². The van der Waals surface area contributed by atoms with Crippen molar-refractivity contribution in [1.82, 2.24) is 9.84 Å². The number of hydrazine groups is 1. The Hall–Kier alpha value is -0.220. The summed E-state index contributed by atoms with van der Waals surface area (Å²) in [5, 5.41) is 0. The molecule has 1 aliphatic rings. The van der Waals surface area contributed by atoms with Crippen LogP contribution in [0, 0.1) is 5.41 Å². The van der Waals surface area contributed by atoms with Crippen LogP contribution in [-0.2, 0) is 0 Å². The van der Waals surface area contributed by atoms with Crippen molar-refractivity contribution in [1.29, 1.82) is 0 Å². The van der Waals surface area contributed by atoms with Crippen LogP contribution >= 0.6 is 11.9 Å². The highest BCUT2D eigenvalue weighted by Crippen LogP contribution is 2.23. The van der Waals surface area contributed by atoms with Gasteiger partial charge in [0.05, 0.1) is 6.04 Å². The van der Waals surface area contributed by atoms with Gasteiger partial charge < -0.3 is 0 Å². The van der Waals surface area contributed by atoms with Crippen LogP contribution in [0.3, 0.4) is 0 Å². The van der Waals surface area contributed by atoms with Crippen molar-refractivity contribution in [2.45, 2.75) is 26.8 Å². The monoisotopic (exact) mass is 187 g/mol. The minimum atomic E-state index is 0.258. The highest BCUT2D eigenvalue weighted by atomic mass is 32.2. The zero-order chi connectivity index (χ0) is 9.19. The van der Waals surface area contributed by atoms with E-state index in [1.54, 1.807) is 11.9 Å². The highest BCUT2D eigenvalue weighted by molar-refractivity contribution is 7.96. The first-order valence-corrected chi connectivity index (χ1v) is 5.32. The van der Waals surface area contributed by atoms with E-state index in [4.69, 9.17) is 0 Å². The summed E-state index contributed by atoms with van der Waals surface area (Å²) in [6.45, 7) is 7.57. The fourth-order valence-corrected chi connectivity index (χ4v) is 1.40. The second kappa shape index (κ2) is 3.66. The third kappa shape index (κ3) is 2.38. The third-order valence-electron chi connectivity index (χ3n) is 1.99. The molecule has 0 saturated heterocycles. The second-order valence-electron chi connectivity index (χ2n) is 4.02. The van der Waals surface area contributed by atoms with Gasteiger partial charge in [-0.2, -0.15) is 0 Å². The molecule has 0 radical (unpaired) electrons. The lowest BCUT2D eigenvalue weighted by molar-refractivity contribution is 0.276. The zero-order valence-electron chi connectivity index (χ0n) is 8.16. The minimum Gasteiger partial charge on any atom is -0.268 e. The highest BCUT2D eigenvalue weighted by Gasteiger charge is 2.25. The van der Waals surface area contributed by atoms with Crippen LogP contribution in [0.4, 0.5) is 0 Å². The van der Waals surface area contributed by atoms with Gasteiger partial charge in [-0.25, -0.2) is 9.84 Å². The number of nitrogens with one attached hydrogen (secondary N) is 1. The molecule has 0 fully saturated rings. The topological polar surface area (TPSA) is 27.6 Å². The van der Waals surface area contributed by atoms with Crippen LogP contribution in [0.15, 0.2) is 4.99 Å². The Morgan fingerprint density at radius 2 is 2.25 bits per heavy atom. The van der Waals surface area contributed by atoms with Crippen LogP contribution < -0.4 is 5.43 Å². The summed E-state index contributed by atoms with van der Waals surface area (Å²) in [6.07, 6.45) is 3.89. The summed E-state index contributed by atoms with van der Waals surface area (Å²) in [7, 11) is 0. The Morgan fingerprint density at radius 3 is 2.58 bits per heavy atom. The summed E-state index contributed by atoms with van der Waals surface area (Å²) in [4.78, 5) is 4.47. The maximum absolute atomic E-state index is 4.47. The molecule has 0 aromatic rings. The standard InChI is InChI=1S/C8H17N3S/c1-8(2,3)7-5-10-11(12-4)6-9-7/h6-7,10H,5H2,1-4H3. The fraction of sp³-hybridized carbons (Fsp3) is 0.875. The van der Waals surface area contributed by atoms with E-state index in [0.717, 1.165) is 6.54 Å². The summed E-state index contributed by atoms with van der Waals surface area (Å²) in [5.74, 6) is 0. The van der Waals surface area contributed by atoms with Crippen molar-refractivity contribution >= 4 is 18.3 Å². The molecule has 4 heteroatoms. The SMILES string of the molecule is CSN1C=NC(C(C)(C)C)CN1. The quantitative estimate of drug-likeness (QED) is 0.631. The molecule has 70 valence electrons. The smallest absolute Gasteiger partial charge is 0.111 e. The molecular weight excluding hydrogens is 170 g/mol. The van der Waals surface area contributed by atoms with E-state index in [1.807, 2.05) is 17.0 Å². The van der Waals surface area contributed by atoms with Gasteiger partial charge in [-0.15, -0.1) is 0 Å². The average molecular weight is 187 g/mol. The van der Waals surface area contributed by atoms with Crippen molar-refractivity contribution < 1.29 is 0 Å². The molecule has 1 N–H and O–H groups in total. The average Bonchev–Trinajstić information content (AvgIpc) is 2.03. The first-order valence-electron chi connectivity index (χ1n) is 4.14. The van der Waals surface area contributed by atoms with Crippen molar-refractivity contribution in [3.05, 3.63) is 0 Å². The van der Waals surface area contributed by atoms with Crippen molar-refractivity contribution in [3.8, 4) is 0 Å². The summed E-state index contributed by atoms with van der Waals surface area (Å²) < 4.78 is 1.93. The molecule has 1 rings (SSSR count). The van der Waals surface area contributed by atoms with Crippen LogP contribution in [0.25, 0.3) is 0 Å². The van der Waals surface area contributed by atoms with Crippen LogP contribution in [-0.4, -0.2) is 29.6 Å². The summed E-state index contributed by atoms with van der Waals surface area (Å²) >= 11 is 1.63. The Morgan fingerprint density at radius 1 is 1.58 bits per heavy atom. The van der Waals surface area contributed by atoms with E-state index in [2.05, 4.69) is 31.2 Å². The molecule has 0 amide bonds. The molecule has 3 nitrogen and oxygen atoms in total. The number of aliphatic imine (C=N–C) groups is 1. The number of rotatable bonds is 1. The lowest BCUT2D eigenvalue weighted by Gasteiger charge is -2.33. The van der Waals surface area contributed by atoms with Gasteiger partial charge in [-0.1, -0.05) is 20.8 Å². The van der Waals surface area contributed by atoms with E-state index >= 15 is 0 Å². The minimum absolute atomic E-state index is 0.258. The molecule has 12 heavy (non-hydrogen) atoms. The lowest BCUT2D eigenvalue weighted by Crippen LogP contribution is -2.45. The van der Waals surface area contributed by atoms with Gasteiger partial charge in [0, 0.05) is 12.8 Å². The molecule has 0 spiro atoms. The van der Waals surface area contributed by atoms with Gasteiger partial charge in [-0.05, 0) is 17.4 Å². The van der Waals surface area contributed by atoms with E-state index in [1.165, 1.54) is 0 Å². The zero-order valence-corrected chi connectivity index (χ0v) is 8.98. The predicted molar refractivity (Wildman–Crippen MR) is 55.1 cm³/mol. The molecule has 0 aliphatic carbocycles. The van der Waals surface area contributed by atoms with E-state index in [-0.39, 0.29) is 5.41 Å². The number of nitrogens with zero attached hydrogens (tertiary/aromatic N) is 2. The lowest BCUT2D eigenvalue weighted by atomic mass is 9.87. The normalized spacial score (nSPS) is 24.7. The maximum Gasteiger partial charge on any atom is 0.111 e. The van der Waals surface area contributed by atoms with Gasteiger partial charge >= 0.3 is 0 Å². The second-order valence-corrected chi connectivity index (χ2v) is 4.78. The third-order valence-corrected chi connectivity index (χ3v) is 2.61. The molecule has 1 atom stereocenters. The van der Waals surface area contributed by atoms with Crippen LogP contribution in [0.2, 0.25) is 0 Å². The van der Waals surface area contributed by atoms with E-state index < -0.39 is 0 Å². The van der Waals surface area contributed by atoms with Crippen molar-refractivity contribution in [3.63, 3.8) is 0 Å². The van der Waals surface area contributed by atoms with Crippen LogP contribution in [0.1, 0.15) is 20.8 Å². The Bertz CT molecular complexity index is 174. The van der Waals surface area contributed by atoms with Crippen molar-refractivity contribution in [2.24, 2.45) is 10.4 Å². The number of hydrogen-bond acceptors (Lipinski definition) is 4. The van der Waals surface area contributed by atoms with Gasteiger partial charge in [0.25, 0.3) is 0 Å². The van der Waals surface area contributed by atoms with Crippen LogP contribution in [0.5, 0.6) is 0 Å². The molecular formula is C8H17N3S. The molecule has 0 bridgehead atoms. The molecule has 1 aliphatic heterocycles. The van der Waals surface area contributed by atoms with E-state index in [9.17, 15) is 0 Å². The molecule has 0 aromatic carbocycles. The molecule has 0 saturated carbocycles. The van der Waals surface area contributed by atoms with Gasteiger partial charge in [-0.3, -0.25) is 4.99 Å².